The molecule has 0 saturated heterocycles. The Morgan fingerprint density at radius 2 is 1.33 bits per heavy atom. The zero-order chi connectivity index (χ0) is 23.7. The molecule has 182 valence electrons. The molecular weight excluding hydrogens is 408 g/mol. The summed E-state index contributed by atoms with van der Waals surface area (Å²) in [5.74, 6) is 0.766. The summed E-state index contributed by atoms with van der Waals surface area (Å²) in [5.41, 5.74) is 3.80. The van der Waals surface area contributed by atoms with Crippen LogP contribution in [-0.4, -0.2) is 18.7 Å². The highest BCUT2D eigenvalue weighted by Gasteiger charge is 2.05. The molecule has 1 atom stereocenters. The van der Waals surface area contributed by atoms with Gasteiger partial charge in [-0.1, -0.05) is 88.3 Å². The van der Waals surface area contributed by atoms with Gasteiger partial charge < -0.3 is 9.47 Å². The van der Waals surface area contributed by atoms with Crippen LogP contribution in [0.15, 0.2) is 48.5 Å². The minimum absolute atomic E-state index is 0.0112. The smallest absolute Gasteiger partial charge is 0.302 e. The number of aryl methyl sites for hydroxylation is 1. The van der Waals surface area contributed by atoms with Gasteiger partial charge in [-0.05, 0) is 67.9 Å². The molecule has 2 aromatic carbocycles. The molecule has 0 fully saturated rings. The van der Waals surface area contributed by atoms with Crippen LogP contribution >= 0.6 is 0 Å². The van der Waals surface area contributed by atoms with Gasteiger partial charge in [-0.25, -0.2) is 0 Å². The number of ether oxygens (including phenoxy) is 2. The number of hydrogen-bond donors (Lipinski definition) is 0. The van der Waals surface area contributed by atoms with Crippen molar-refractivity contribution in [3.8, 4) is 16.9 Å². The van der Waals surface area contributed by atoms with E-state index in [2.05, 4.69) is 55.5 Å². The van der Waals surface area contributed by atoms with Gasteiger partial charge in [0.1, 0.15) is 5.75 Å². The predicted octanol–water partition coefficient (Wildman–Crippen LogP) is 8.54. The molecule has 3 heteroatoms. The van der Waals surface area contributed by atoms with Crippen LogP contribution in [0.1, 0.15) is 97.0 Å². The van der Waals surface area contributed by atoms with Crippen LogP contribution in [0.5, 0.6) is 5.75 Å². The van der Waals surface area contributed by atoms with Gasteiger partial charge in [-0.3, -0.25) is 4.79 Å². The van der Waals surface area contributed by atoms with Crippen LogP contribution in [0, 0.1) is 0 Å². The Kier molecular flexibility index (Phi) is 13.4. The van der Waals surface area contributed by atoms with Gasteiger partial charge in [0.2, 0.25) is 0 Å². The van der Waals surface area contributed by atoms with Crippen molar-refractivity contribution in [2.24, 2.45) is 0 Å². The number of esters is 1. The first-order chi connectivity index (χ1) is 16.1. The van der Waals surface area contributed by atoms with Crippen LogP contribution < -0.4 is 4.74 Å². The topological polar surface area (TPSA) is 35.5 Å². The number of hydrogen-bond acceptors (Lipinski definition) is 3. The first-order valence-corrected chi connectivity index (χ1v) is 13.1. The zero-order valence-corrected chi connectivity index (χ0v) is 21.1. The van der Waals surface area contributed by atoms with E-state index in [0.717, 1.165) is 44.5 Å². The van der Waals surface area contributed by atoms with E-state index in [9.17, 15) is 4.79 Å². The fourth-order valence-electron chi connectivity index (χ4n) is 4.14. The lowest BCUT2D eigenvalue weighted by Crippen LogP contribution is -2.11. The van der Waals surface area contributed by atoms with Crippen LogP contribution in [0.2, 0.25) is 0 Å². The molecule has 2 rings (SSSR count). The summed E-state index contributed by atoms with van der Waals surface area (Å²) < 4.78 is 11.1. The zero-order valence-electron chi connectivity index (χ0n) is 21.1. The SMILES string of the molecule is CCCCCCCCCCOc1ccc(-c2ccc(CCCCC(C)OC(C)=O)cc2)cc1. The van der Waals surface area contributed by atoms with Crippen molar-refractivity contribution in [1.29, 1.82) is 0 Å². The molecule has 0 aliphatic heterocycles. The summed E-state index contributed by atoms with van der Waals surface area (Å²) >= 11 is 0. The van der Waals surface area contributed by atoms with Crippen molar-refractivity contribution in [3.63, 3.8) is 0 Å². The first kappa shape index (κ1) is 27.0. The number of rotatable bonds is 17. The summed E-state index contributed by atoms with van der Waals surface area (Å²) in [5, 5.41) is 0. The van der Waals surface area contributed by atoms with Gasteiger partial charge >= 0.3 is 5.97 Å². The molecule has 0 N–H and O–H groups in total. The Labute approximate surface area is 201 Å². The van der Waals surface area contributed by atoms with E-state index in [1.165, 1.54) is 68.6 Å². The Balaban J connectivity index is 1.64. The second kappa shape index (κ2) is 16.3. The summed E-state index contributed by atoms with van der Waals surface area (Å²) in [6.45, 7) is 6.50. The molecular formula is C30H44O3. The molecule has 2 aromatic rings. The summed E-state index contributed by atoms with van der Waals surface area (Å²) in [6, 6.07) is 17.3. The van der Waals surface area contributed by atoms with Gasteiger partial charge in [-0.15, -0.1) is 0 Å². The number of unbranched alkanes of at least 4 members (excludes halogenated alkanes) is 8. The van der Waals surface area contributed by atoms with E-state index in [4.69, 9.17) is 9.47 Å². The highest BCUT2D eigenvalue weighted by Crippen LogP contribution is 2.23. The van der Waals surface area contributed by atoms with E-state index in [-0.39, 0.29) is 12.1 Å². The molecule has 0 amide bonds. The Morgan fingerprint density at radius 1 is 0.758 bits per heavy atom. The predicted molar refractivity (Wildman–Crippen MR) is 139 cm³/mol. The molecule has 0 saturated carbocycles. The standard InChI is InChI=1S/C30H44O3/c1-4-5-6-7-8-9-10-13-24-32-30-22-20-29(21-23-30)28-18-16-27(17-19-28)15-12-11-14-25(2)33-26(3)31/h16-23,25H,4-15,24H2,1-3H3. The van der Waals surface area contributed by atoms with Crippen LogP contribution in [0.25, 0.3) is 11.1 Å². The third-order valence-corrected chi connectivity index (χ3v) is 6.10. The van der Waals surface area contributed by atoms with Crippen molar-refractivity contribution >= 4 is 5.97 Å². The van der Waals surface area contributed by atoms with Gasteiger partial charge in [-0.2, -0.15) is 0 Å². The fraction of sp³-hybridized carbons (Fsp3) is 0.567. The van der Waals surface area contributed by atoms with E-state index in [1.54, 1.807) is 0 Å². The maximum absolute atomic E-state index is 11.0. The largest absolute Gasteiger partial charge is 0.494 e. The van der Waals surface area contributed by atoms with Gasteiger partial charge in [0.25, 0.3) is 0 Å². The molecule has 33 heavy (non-hydrogen) atoms. The highest BCUT2D eigenvalue weighted by atomic mass is 16.5. The minimum atomic E-state index is -0.193. The van der Waals surface area contributed by atoms with Crippen molar-refractivity contribution < 1.29 is 14.3 Å². The first-order valence-electron chi connectivity index (χ1n) is 13.1. The lowest BCUT2D eigenvalue weighted by atomic mass is 10.0. The van der Waals surface area contributed by atoms with Crippen molar-refractivity contribution in [3.05, 3.63) is 54.1 Å². The van der Waals surface area contributed by atoms with Gasteiger partial charge in [0, 0.05) is 6.92 Å². The average Bonchev–Trinajstić information content (AvgIpc) is 2.81. The quantitative estimate of drug-likeness (QED) is 0.178. The lowest BCUT2D eigenvalue weighted by molar-refractivity contribution is -0.145. The third kappa shape index (κ3) is 11.9. The molecule has 0 heterocycles. The maximum Gasteiger partial charge on any atom is 0.302 e. The summed E-state index contributed by atoms with van der Waals surface area (Å²) in [6.07, 6.45) is 14.7. The van der Waals surface area contributed by atoms with Crippen molar-refractivity contribution in [2.75, 3.05) is 6.61 Å². The van der Waals surface area contributed by atoms with Gasteiger partial charge in [0.05, 0.1) is 12.7 Å². The molecule has 3 nitrogen and oxygen atoms in total. The molecule has 0 radical (unpaired) electrons. The Morgan fingerprint density at radius 3 is 1.94 bits per heavy atom. The van der Waals surface area contributed by atoms with Crippen LogP contribution in [0.4, 0.5) is 0 Å². The maximum atomic E-state index is 11.0. The van der Waals surface area contributed by atoms with E-state index in [1.807, 2.05) is 6.92 Å². The van der Waals surface area contributed by atoms with Crippen molar-refractivity contribution in [2.45, 2.75) is 104 Å². The molecule has 1 unspecified atom stereocenters. The Hall–Kier alpha value is -2.29. The number of carbonyl (C=O) groups is 1. The van der Waals surface area contributed by atoms with E-state index >= 15 is 0 Å². The lowest BCUT2D eigenvalue weighted by Gasteiger charge is -2.11. The highest BCUT2D eigenvalue weighted by molar-refractivity contribution is 5.66. The van der Waals surface area contributed by atoms with Crippen molar-refractivity contribution in [1.82, 2.24) is 0 Å². The number of carbonyl (C=O) groups excluding carboxylic acids is 1. The fourth-order valence-corrected chi connectivity index (χ4v) is 4.14. The second-order valence-electron chi connectivity index (χ2n) is 9.21. The van der Waals surface area contributed by atoms with E-state index in [0.29, 0.717) is 0 Å². The second-order valence-corrected chi connectivity index (χ2v) is 9.21. The summed E-state index contributed by atoms with van der Waals surface area (Å²) in [7, 11) is 0. The average molecular weight is 453 g/mol. The van der Waals surface area contributed by atoms with E-state index < -0.39 is 0 Å². The molecule has 0 bridgehead atoms. The number of benzene rings is 2. The third-order valence-electron chi connectivity index (χ3n) is 6.10. The minimum Gasteiger partial charge on any atom is -0.494 e. The summed E-state index contributed by atoms with van der Waals surface area (Å²) in [4.78, 5) is 11.0. The normalized spacial score (nSPS) is 11.8. The van der Waals surface area contributed by atoms with Crippen LogP contribution in [-0.2, 0) is 16.0 Å². The molecule has 0 spiro atoms. The molecule has 0 aromatic heterocycles. The monoisotopic (exact) mass is 452 g/mol. The molecule has 0 aliphatic carbocycles. The Bertz CT molecular complexity index is 764. The van der Waals surface area contributed by atoms with Crippen LogP contribution in [0.3, 0.4) is 0 Å². The molecule has 0 aliphatic rings. The van der Waals surface area contributed by atoms with Gasteiger partial charge in [0.15, 0.2) is 0 Å².